The smallest absolute Gasteiger partial charge is 0.229 e. The van der Waals surface area contributed by atoms with Gasteiger partial charge in [0.2, 0.25) is 5.88 Å². The molecule has 0 spiro atoms. The van der Waals surface area contributed by atoms with Gasteiger partial charge in [-0.25, -0.2) is 4.98 Å². The van der Waals surface area contributed by atoms with Gasteiger partial charge < -0.3 is 10.5 Å². The van der Waals surface area contributed by atoms with Crippen molar-refractivity contribution in [3.05, 3.63) is 52.2 Å². The van der Waals surface area contributed by atoms with Crippen LogP contribution in [0.5, 0.6) is 11.6 Å². The zero-order valence-corrected chi connectivity index (χ0v) is 12.2. The van der Waals surface area contributed by atoms with Gasteiger partial charge in [0.1, 0.15) is 10.7 Å². The Labute approximate surface area is 122 Å². The van der Waals surface area contributed by atoms with Crippen LogP contribution in [0.25, 0.3) is 0 Å². The summed E-state index contributed by atoms with van der Waals surface area (Å²) in [5.41, 5.74) is 8.15. The van der Waals surface area contributed by atoms with E-state index in [-0.39, 0.29) is 4.99 Å². The van der Waals surface area contributed by atoms with Crippen LogP contribution >= 0.6 is 23.8 Å². The van der Waals surface area contributed by atoms with Gasteiger partial charge in [0.15, 0.2) is 0 Å². The molecule has 2 N–H and O–H groups in total. The number of thiocarbonyl (C=S) groups is 1. The summed E-state index contributed by atoms with van der Waals surface area (Å²) < 4.78 is 5.85. The van der Waals surface area contributed by atoms with Gasteiger partial charge in [0.25, 0.3) is 0 Å². The van der Waals surface area contributed by atoms with E-state index in [9.17, 15) is 0 Å². The summed E-state index contributed by atoms with van der Waals surface area (Å²) in [6.07, 6.45) is 1.64. The molecule has 0 radical (unpaired) electrons. The molecule has 2 rings (SSSR count). The number of pyridine rings is 1. The normalized spacial score (nSPS) is 10.3. The monoisotopic (exact) mass is 292 g/mol. The van der Waals surface area contributed by atoms with Crippen LogP contribution in [0.2, 0.25) is 5.02 Å². The molecule has 19 heavy (non-hydrogen) atoms. The summed E-state index contributed by atoms with van der Waals surface area (Å²) in [7, 11) is 0. The lowest BCUT2D eigenvalue weighted by atomic mass is 10.1. The zero-order chi connectivity index (χ0) is 14.0. The number of aryl methyl sites for hydroxylation is 2. The quantitative estimate of drug-likeness (QED) is 0.875. The Bertz CT molecular complexity index is 620. The van der Waals surface area contributed by atoms with Crippen molar-refractivity contribution in [2.75, 3.05) is 0 Å². The van der Waals surface area contributed by atoms with Crippen LogP contribution < -0.4 is 10.5 Å². The maximum Gasteiger partial charge on any atom is 0.229 e. The van der Waals surface area contributed by atoms with Gasteiger partial charge in [-0.3, -0.25) is 0 Å². The standard InChI is InChI=1S/C14H13ClN2OS/c1-8-6-10(15)7-9(2)12(8)18-14-11(13(16)19)4-3-5-17-14/h3-7H,1-2H3,(H2,16,19). The van der Waals surface area contributed by atoms with Crippen molar-refractivity contribution in [1.82, 2.24) is 4.98 Å². The summed E-state index contributed by atoms with van der Waals surface area (Å²) in [4.78, 5) is 4.43. The SMILES string of the molecule is Cc1cc(Cl)cc(C)c1Oc1ncccc1C(N)=S. The number of benzene rings is 1. The summed E-state index contributed by atoms with van der Waals surface area (Å²) in [6, 6.07) is 7.23. The van der Waals surface area contributed by atoms with Crippen molar-refractivity contribution in [3.63, 3.8) is 0 Å². The van der Waals surface area contributed by atoms with Crippen LogP contribution in [-0.4, -0.2) is 9.97 Å². The fraction of sp³-hybridized carbons (Fsp3) is 0.143. The molecule has 0 unspecified atom stereocenters. The second kappa shape index (κ2) is 5.55. The molecular formula is C14H13ClN2OS. The van der Waals surface area contributed by atoms with Crippen LogP contribution in [0.1, 0.15) is 16.7 Å². The average Bonchev–Trinajstić information content (AvgIpc) is 2.34. The number of nitrogens with zero attached hydrogens (tertiary/aromatic N) is 1. The molecule has 0 amide bonds. The molecule has 0 saturated heterocycles. The van der Waals surface area contributed by atoms with E-state index < -0.39 is 0 Å². The minimum absolute atomic E-state index is 0.257. The summed E-state index contributed by atoms with van der Waals surface area (Å²) in [5, 5.41) is 0.679. The summed E-state index contributed by atoms with van der Waals surface area (Å²) >= 11 is 11.0. The molecule has 98 valence electrons. The first-order valence-corrected chi connectivity index (χ1v) is 6.47. The van der Waals surface area contributed by atoms with Crippen LogP contribution in [0, 0.1) is 13.8 Å². The Morgan fingerprint density at radius 2 is 1.95 bits per heavy atom. The van der Waals surface area contributed by atoms with Crippen LogP contribution in [0.15, 0.2) is 30.5 Å². The van der Waals surface area contributed by atoms with Gasteiger partial charge in [-0.05, 0) is 49.2 Å². The maximum absolute atomic E-state index is 5.99. The fourth-order valence-electron chi connectivity index (χ4n) is 1.81. The third-order valence-electron chi connectivity index (χ3n) is 2.66. The number of nitrogens with two attached hydrogens (primary N) is 1. The number of hydrogen-bond donors (Lipinski definition) is 1. The molecule has 3 nitrogen and oxygen atoms in total. The van der Waals surface area contributed by atoms with E-state index in [1.165, 1.54) is 0 Å². The highest BCUT2D eigenvalue weighted by Gasteiger charge is 2.12. The molecule has 0 saturated carbocycles. The third-order valence-corrected chi connectivity index (χ3v) is 3.10. The minimum atomic E-state index is 0.257. The minimum Gasteiger partial charge on any atom is -0.438 e. The van der Waals surface area contributed by atoms with Crippen molar-refractivity contribution in [2.24, 2.45) is 5.73 Å². The summed E-state index contributed by atoms with van der Waals surface area (Å²) in [6.45, 7) is 3.86. The van der Waals surface area contributed by atoms with Crippen LogP contribution in [-0.2, 0) is 0 Å². The van der Waals surface area contributed by atoms with E-state index >= 15 is 0 Å². The predicted octanol–water partition coefficient (Wildman–Crippen LogP) is 3.78. The van der Waals surface area contributed by atoms with E-state index in [1.54, 1.807) is 18.3 Å². The van der Waals surface area contributed by atoms with E-state index in [0.717, 1.165) is 16.9 Å². The molecule has 5 heteroatoms. The van der Waals surface area contributed by atoms with Crippen molar-refractivity contribution in [2.45, 2.75) is 13.8 Å². The van der Waals surface area contributed by atoms with Gasteiger partial charge in [-0.2, -0.15) is 0 Å². The van der Waals surface area contributed by atoms with Crippen LogP contribution in [0.3, 0.4) is 0 Å². The van der Waals surface area contributed by atoms with Gasteiger partial charge in [0.05, 0.1) is 5.56 Å². The average molecular weight is 293 g/mol. The fourth-order valence-corrected chi connectivity index (χ4v) is 2.30. The number of aromatic nitrogens is 1. The number of rotatable bonds is 3. The van der Waals surface area contributed by atoms with E-state index in [4.69, 9.17) is 34.3 Å². The first-order chi connectivity index (χ1) is 8.99. The lowest BCUT2D eigenvalue weighted by Gasteiger charge is -2.13. The first-order valence-electron chi connectivity index (χ1n) is 5.68. The molecular weight excluding hydrogens is 280 g/mol. The lowest BCUT2D eigenvalue weighted by Crippen LogP contribution is -2.11. The second-order valence-electron chi connectivity index (χ2n) is 4.19. The molecule has 1 heterocycles. The van der Waals surface area contributed by atoms with E-state index in [1.807, 2.05) is 26.0 Å². The van der Waals surface area contributed by atoms with Crippen molar-refractivity contribution in [1.29, 1.82) is 0 Å². The molecule has 0 aliphatic rings. The molecule has 0 bridgehead atoms. The van der Waals surface area contributed by atoms with E-state index in [0.29, 0.717) is 16.5 Å². The Morgan fingerprint density at radius 1 is 1.32 bits per heavy atom. The van der Waals surface area contributed by atoms with E-state index in [2.05, 4.69) is 4.98 Å². The van der Waals surface area contributed by atoms with Gasteiger partial charge >= 0.3 is 0 Å². The lowest BCUT2D eigenvalue weighted by molar-refractivity contribution is 0.455. The highest BCUT2D eigenvalue weighted by molar-refractivity contribution is 7.80. The second-order valence-corrected chi connectivity index (χ2v) is 5.07. The van der Waals surface area contributed by atoms with Gasteiger partial charge in [-0.1, -0.05) is 23.8 Å². The molecule has 0 fully saturated rings. The van der Waals surface area contributed by atoms with Crippen molar-refractivity contribution >= 4 is 28.8 Å². The number of ether oxygens (including phenoxy) is 1. The molecule has 2 aromatic rings. The molecule has 1 aromatic heterocycles. The highest BCUT2D eigenvalue weighted by Crippen LogP contribution is 2.31. The largest absolute Gasteiger partial charge is 0.438 e. The first kappa shape index (κ1) is 13.8. The van der Waals surface area contributed by atoms with Crippen molar-refractivity contribution in [3.8, 4) is 11.6 Å². The topological polar surface area (TPSA) is 48.1 Å². The Morgan fingerprint density at radius 3 is 2.53 bits per heavy atom. The third kappa shape index (κ3) is 3.03. The Balaban J connectivity index is 2.45. The number of halogens is 1. The highest BCUT2D eigenvalue weighted by atomic mass is 35.5. The van der Waals surface area contributed by atoms with Gasteiger partial charge in [-0.15, -0.1) is 0 Å². The molecule has 0 aliphatic carbocycles. The summed E-state index contributed by atoms with van der Waals surface area (Å²) in [5.74, 6) is 1.13. The van der Waals surface area contributed by atoms with Crippen LogP contribution in [0.4, 0.5) is 0 Å². The molecule has 0 atom stereocenters. The van der Waals surface area contributed by atoms with Gasteiger partial charge in [0, 0.05) is 11.2 Å². The Kier molecular flexibility index (Phi) is 4.02. The molecule has 1 aromatic carbocycles. The maximum atomic E-state index is 5.99. The van der Waals surface area contributed by atoms with Crippen molar-refractivity contribution < 1.29 is 4.74 Å². The number of hydrogen-bond acceptors (Lipinski definition) is 3. The predicted molar refractivity (Wildman–Crippen MR) is 81.1 cm³/mol. The zero-order valence-electron chi connectivity index (χ0n) is 10.6. The Hall–Kier alpha value is -1.65. The molecule has 0 aliphatic heterocycles.